The van der Waals surface area contributed by atoms with Gasteiger partial charge in [-0.05, 0) is 49.4 Å². The molecule has 1 saturated heterocycles. The summed E-state index contributed by atoms with van der Waals surface area (Å²) in [6, 6.07) is 16.5. The Morgan fingerprint density at radius 1 is 1.08 bits per heavy atom. The van der Waals surface area contributed by atoms with E-state index in [0.29, 0.717) is 40.3 Å². The number of nitrogens with one attached hydrogen (secondary N) is 2. The normalized spacial score (nSPS) is 14.8. The van der Waals surface area contributed by atoms with Crippen molar-refractivity contribution in [2.24, 2.45) is 0 Å². The van der Waals surface area contributed by atoms with Crippen molar-refractivity contribution < 1.29 is 14.6 Å². The molecule has 4 rings (SSSR count). The summed E-state index contributed by atoms with van der Waals surface area (Å²) in [5, 5.41) is 17.4. The number of hydrogen-bond donors (Lipinski definition) is 3. The second-order valence-corrected chi connectivity index (χ2v) is 9.52. The van der Waals surface area contributed by atoms with E-state index in [1.165, 1.54) is 0 Å². The Morgan fingerprint density at radius 3 is 2.62 bits per heavy atom. The van der Waals surface area contributed by atoms with Gasteiger partial charge in [0.2, 0.25) is 0 Å². The van der Waals surface area contributed by atoms with Gasteiger partial charge >= 0.3 is 0 Å². The number of halogens is 2. The number of rotatable bonds is 10. The summed E-state index contributed by atoms with van der Waals surface area (Å²) in [5.41, 5.74) is 2.12. The highest BCUT2D eigenvalue weighted by atomic mass is 35.5. The zero-order chi connectivity index (χ0) is 26.2. The van der Waals surface area contributed by atoms with E-state index < -0.39 is 6.10 Å². The van der Waals surface area contributed by atoms with E-state index >= 15 is 0 Å². The highest BCUT2D eigenvalue weighted by Gasteiger charge is 2.22. The molecule has 1 atom stereocenters. The number of benzene rings is 2. The van der Waals surface area contributed by atoms with Crippen molar-refractivity contribution in [3.05, 3.63) is 76.4 Å². The first-order valence-electron chi connectivity index (χ1n) is 12.3. The molecule has 1 aliphatic heterocycles. The molecular weight excluding hydrogens is 513 g/mol. The molecule has 0 spiro atoms. The van der Waals surface area contributed by atoms with E-state index in [1.54, 1.807) is 36.5 Å². The number of carbonyl (C=O) groups is 1. The smallest absolute Gasteiger partial charge is 0.255 e. The van der Waals surface area contributed by atoms with Crippen LogP contribution in [0.5, 0.6) is 5.75 Å². The van der Waals surface area contributed by atoms with Crippen molar-refractivity contribution in [1.29, 1.82) is 0 Å². The largest absolute Gasteiger partial charge is 0.492 e. The average molecular weight is 544 g/mol. The number of aliphatic hydroxyl groups excluding tert-OH is 1. The SMILES string of the molecule is CCOc1ccccc1N1CCN(CC(O)CNC(=O)c2cccnc2Nc2ccc(Cl)c(Cl)c2)CC1. The fraction of sp³-hybridized carbons (Fsp3) is 0.333. The number of amides is 1. The molecule has 1 aromatic heterocycles. The molecule has 10 heteroatoms. The molecule has 1 fully saturated rings. The van der Waals surface area contributed by atoms with Gasteiger partial charge in [0.05, 0.1) is 34.0 Å². The number of ether oxygens (including phenoxy) is 1. The maximum Gasteiger partial charge on any atom is 0.255 e. The Bertz CT molecular complexity index is 1200. The first-order chi connectivity index (χ1) is 17.9. The Morgan fingerprint density at radius 2 is 1.86 bits per heavy atom. The quantitative estimate of drug-likeness (QED) is 0.348. The van der Waals surface area contributed by atoms with Crippen molar-refractivity contribution in [2.45, 2.75) is 13.0 Å². The van der Waals surface area contributed by atoms with Gasteiger partial charge < -0.3 is 25.4 Å². The molecular formula is C27H31Cl2N5O3. The molecule has 3 aromatic rings. The Balaban J connectivity index is 1.27. The second kappa shape index (κ2) is 13.0. The van der Waals surface area contributed by atoms with Crippen LogP contribution in [0.1, 0.15) is 17.3 Å². The minimum Gasteiger partial charge on any atom is -0.492 e. The van der Waals surface area contributed by atoms with E-state index in [2.05, 4.69) is 31.5 Å². The number of pyridine rings is 1. The van der Waals surface area contributed by atoms with Crippen LogP contribution in [-0.4, -0.2) is 72.9 Å². The number of aliphatic hydroxyl groups is 1. The number of anilines is 3. The predicted octanol–water partition coefficient (Wildman–Crippen LogP) is 4.44. The molecule has 0 radical (unpaired) electrons. The Hall–Kier alpha value is -3.04. The van der Waals surface area contributed by atoms with E-state index in [1.807, 2.05) is 25.1 Å². The van der Waals surface area contributed by atoms with Gasteiger partial charge in [-0.25, -0.2) is 4.98 Å². The second-order valence-electron chi connectivity index (χ2n) is 8.71. The summed E-state index contributed by atoms with van der Waals surface area (Å²) < 4.78 is 5.77. The van der Waals surface area contributed by atoms with Crippen LogP contribution >= 0.6 is 23.2 Å². The molecule has 1 unspecified atom stereocenters. The van der Waals surface area contributed by atoms with Crippen molar-refractivity contribution in [1.82, 2.24) is 15.2 Å². The third kappa shape index (κ3) is 7.26. The summed E-state index contributed by atoms with van der Waals surface area (Å²) in [4.78, 5) is 21.7. The van der Waals surface area contributed by atoms with Crippen LogP contribution in [0.2, 0.25) is 10.0 Å². The first-order valence-corrected chi connectivity index (χ1v) is 13.0. The van der Waals surface area contributed by atoms with Crippen LogP contribution in [0.4, 0.5) is 17.2 Å². The lowest BCUT2D eigenvalue weighted by atomic mass is 10.2. The van der Waals surface area contributed by atoms with Crippen molar-refractivity contribution >= 4 is 46.3 Å². The third-order valence-corrected chi connectivity index (χ3v) is 6.82. The van der Waals surface area contributed by atoms with E-state index in [4.69, 9.17) is 27.9 Å². The molecule has 196 valence electrons. The van der Waals surface area contributed by atoms with Crippen molar-refractivity contribution in [3.63, 3.8) is 0 Å². The molecule has 1 aliphatic rings. The minimum atomic E-state index is -0.700. The Labute approximate surface area is 227 Å². The number of para-hydroxylation sites is 2. The number of aromatic nitrogens is 1. The monoisotopic (exact) mass is 543 g/mol. The number of hydrogen-bond acceptors (Lipinski definition) is 7. The summed E-state index contributed by atoms with van der Waals surface area (Å²) in [7, 11) is 0. The lowest BCUT2D eigenvalue weighted by molar-refractivity contribution is 0.0852. The summed E-state index contributed by atoms with van der Waals surface area (Å²) in [6.45, 7) is 6.51. The summed E-state index contributed by atoms with van der Waals surface area (Å²) >= 11 is 12.1. The molecule has 2 aromatic carbocycles. The number of β-amino-alcohol motifs (C(OH)–C–C–N with tert-alkyl or cyclic N) is 1. The molecule has 2 heterocycles. The zero-order valence-corrected chi connectivity index (χ0v) is 22.2. The highest BCUT2D eigenvalue weighted by molar-refractivity contribution is 6.42. The fourth-order valence-corrected chi connectivity index (χ4v) is 4.53. The Kier molecular flexibility index (Phi) is 9.46. The molecule has 0 aliphatic carbocycles. The molecule has 1 amide bonds. The summed E-state index contributed by atoms with van der Waals surface area (Å²) in [6.07, 6.45) is 0.895. The van der Waals surface area contributed by atoms with Gasteiger partial charge in [0.1, 0.15) is 11.6 Å². The fourth-order valence-electron chi connectivity index (χ4n) is 4.23. The van der Waals surface area contributed by atoms with Gasteiger partial charge in [-0.1, -0.05) is 35.3 Å². The van der Waals surface area contributed by atoms with E-state index in [-0.39, 0.29) is 12.5 Å². The van der Waals surface area contributed by atoms with E-state index in [9.17, 15) is 9.90 Å². The van der Waals surface area contributed by atoms with E-state index in [0.717, 1.165) is 37.6 Å². The number of piperazine rings is 1. The highest BCUT2D eigenvalue weighted by Crippen LogP contribution is 2.29. The summed E-state index contributed by atoms with van der Waals surface area (Å²) in [5.74, 6) is 0.952. The van der Waals surface area contributed by atoms with Gasteiger partial charge in [-0.2, -0.15) is 0 Å². The molecule has 0 bridgehead atoms. The average Bonchev–Trinajstić information content (AvgIpc) is 2.91. The van der Waals surface area contributed by atoms with Gasteiger partial charge in [0, 0.05) is 51.2 Å². The van der Waals surface area contributed by atoms with Gasteiger partial charge in [-0.15, -0.1) is 0 Å². The first kappa shape index (κ1) is 27.0. The van der Waals surface area contributed by atoms with Crippen LogP contribution in [0.25, 0.3) is 0 Å². The van der Waals surface area contributed by atoms with Crippen molar-refractivity contribution in [2.75, 3.05) is 56.1 Å². The van der Waals surface area contributed by atoms with Crippen LogP contribution in [0.15, 0.2) is 60.8 Å². The predicted molar refractivity (Wildman–Crippen MR) is 149 cm³/mol. The number of nitrogens with zero attached hydrogens (tertiary/aromatic N) is 3. The molecule has 37 heavy (non-hydrogen) atoms. The topological polar surface area (TPSA) is 90.0 Å². The maximum absolute atomic E-state index is 12.9. The van der Waals surface area contributed by atoms with Crippen LogP contribution < -0.4 is 20.3 Å². The van der Waals surface area contributed by atoms with Crippen LogP contribution in [0, 0.1) is 0 Å². The third-order valence-electron chi connectivity index (χ3n) is 6.08. The van der Waals surface area contributed by atoms with Crippen LogP contribution in [-0.2, 0) is 0 Å². The van der Waals surface area contributed by atoms with Gasteiger partial charge in [0.25, 0.3) is 5.91 Å². The molecule has 8 nitrogen and oxygen atoms in total. The number of carbonyl (C=O) groups excluding carboxylic acids is 1. The lowest BCUT2D eigenvalue weighted by Gasteiger charge is -2.37. The lowest BCUT2D eigenvalue weighted by Crippen LogP contribution is -2.50. The van der Waals surface area contributed by atoms with Gasteiger partial charge in [0.15, 0.2) is 0 Å². The standard InChI is InChI=1S/C27H31Cl2N5O3/c1-2-37-25-8-4-3-7-24(25)34-14-12-33(13-15-34)18-20(35)17-31-27(36)21-6-5-11-30-26(21)32-19-9-10-22(28)23(29)16-19/h3-11,16,20,35H,2,12-15,17-18H2,1H3,(H,30,32)(H,31,36). The van der Waals surface area contributed by atoms with Gasteiger partial charge in [-0.3, -0.25) is 9.69 Å². The van der Waals surface area contributed by atoms with Crippen LogP contribution in [0.3, 0.4) is 0 Å². The zero-order valence-electron chi connectivity index (χ0n) is 20.7. The van der Waals surface area contributed by atoms with Crippen molar-refractivity contribution in [3.8, 4) is 5.75 Å². The molecule has 0 saturated carbocycles. The molecule has 3 N–H and O–H groups in total. The maximum atomic E-state index is 12.9. The minimum absolute atomic E-state index is 0.132.